The van der Waals surface area contributed by atoms with E-state index in [0.717, 1.165) is 0 Å². The van der Waals surface area contributed by atoms with Crippen molar-refractivity contribution in [1.29, 1.82) is 0 Å². The van der Waals surface area contributed by atoms with Gasteiger partial charge >= 0.3 is 5.97 Å². The Kier molecular flexibility index (Phi) is 3.41. The minimum Gasteiger partial charge on any atom is -0.478 e. The second kappa shape index (κ2) is 4.77. The second-order valence-corrected chi connectivity index (χ2v) is 2.67. The smallest absolute Gasteiger partial charge is 0.337 e. The number of primary amides is 1. The lowest BCUT2D eigenvalue weighted by Gasteiger charge is -1.95. The van der Waals surface area contributed by atoms with Gasteiger partial charge in [0.1, 0.15) is 0 Å². The number of aromatic nitrogens is 1. The highest BCUT2D eigenvalue weighted by Crippen LogP contribution is 2.04. The van der Waals surface area contributed by atoms with Crippen LogP contribution in [-0.4, -0.2) is 22.0 Å². The van der Waals surface area contributed by atoms with Crippen LogP contribution in [0.15, 0.2) is 18.5 Å². The molecule has 0 unspecified atom stereocenters. The van der Waals surface area contributed by atoms with E-state index in [-0.39, 0.29) is 17.5 Å². The Balaban J connectivity index is 2.97. The Hall–Kier alpha value is -2.35. The van der Waals surface area contributed by atoms with Crippen molar-refractivity contribution >= 4 is 11.9 Å². The summed E-state index contributed by atoms with van der Waals surface area (Å²) in [5, 5.41) is 8.79. The molecule has 76 valence electrons. The molecule has 3 N–H and O–H groups in total. The molecule has 5 nitrogen and oxygen atoms in total. The zero-order valence-corrected chi connectivity index (χ0v) is 7.73. The molecule has 1 aromatic rings. The maximum Gasteiger partial charge on any atom is 0.337 e. The maximum absolute atomic E-state index is 10.7. The molecule has 0 aliphatic heterocycles. The molecule has 1 heterocycles. The van der Waals surface area contributed by atoms with Crippen molar-refractivity contribution in [2.75, 3.05) is 0 Å². The number of pyridine rings is 1. The zero-order valence-electron chi connectivity index (χ0n) is 7.73. The molecule has 0 atom stereocenters. The van der Waals surface area contributed by atoms with Gasteiger partial charge in [-0.3, -0.25) is 9.78 Å². The summed E-state index contributed by atoms with van der Waals surface area (Å²) in [7, 11) is 0. The van der Waals surface area contributed by atoms with Gasteiger partial charge in [-0.2, -0.15) is 0 Å². The van der Waals surface area contributed by atoms with Crippen molar-refractivity contribution in [2.45, 2.75) is 6.42 Å². The number of carboxylic acid groups (broad SMARTS) is 1. The van der Waals surface area contributed by atoms with Crippen LogP contribution in [0.4, 0.5) is 0 Å². The van der Waals surface area contributed by atoms with Crippen molar-refractivity contribution in [1.82, 2.24) is 4.98 Å². The summed E-state index contributed by atoms with van der Waals surface area (Å²) in [6.07, 6.45) is 2.59. The largest absolute Gasteiger partial charge is 0.478 e. The van der Waals surface area contributed by atoms with Crippen LogP contribution in [0.5, 0.6) is 0 Å². The number of hydrogen-bond acceptors (Lipinski definition) is 3. The molecule has 0 aromatic carbocycles. The first-order valence-electron chi connectivity index (χ1n) is 4.05. The van der Waals surface area contributed by atoms with E-state index < -0.39 is 11.9 Å². The van der Waals surface area contributed by atoms with Crippen LogP contribution in [0.25, 0.3) is 0 Å². The second-order valence-electron chi connectivity index (χ2n) is 2.67. The Morgan fingerprint density at radius 1 is 1.53 bits per heavy atom. The molecule has 1 amide bonds. The summed E-state index contributed by atoms with van der Waals surface area (Å²) in [4.78, 5) is 24.9. The van der Waals surface area contributed by atoms with Gasteiger partial charge in [-0.15, -0.1) is 0 Å². The number of carbonyl (C=O) groups is 2. The number of rotatable bonds is 2. The zero-order chi connectivity index (χ0) is 11.3. The predicted octanol–water partition coefficient (Wildman–Crippen LogP) is 0.00670. The highest BCUT2D eigenvalue weighted by Gasteiger charge is 2.06. The summed E-state index contributed by atoms with van der Waals surface area (Å²) in [5.41, 5.74) is 5.21. The Morgan fingerprint density at radius 3 is 2.87 bits per heavy atom. The van der Waals surface area contributed by atoms with Crippen LogP contribution < -0.4 is 5.73 Å². The number of aromatic carboxylic acids is 1. The van der Waals surface area contributed by atoms with E-state index in [0.29, 0.717) is 0 Å². The highest BCUT2D eigenvalue weighted by atomic mass is 16.4. The van der Waals surface area contributed by atoms with E-state index in [4.69, 9.17) is 10.8 Å². The topological polar surface area (TPSA) is 93.3 Å². The summed E-state index contributed by atoms with van der Waals surface area (Å²) in [5.74, 6) is 3.37. The maximum atomic E-state index is 10.7. The van der Waals surface area contributed by atoms with Crippen LogP contribution in [0.3, 0.4) is 0 Å². The molecular formula is C10H8N2O3. The van der Waals surface area contributed by atoms with E-state index in [2.05, 4.69) is 16.8 Å². The van der Waals surface area contributed by atoms with Crippen LogP contribution >= 0.6 is 0 Å². The lowest BCUT2D eigenvalue weighted by Crippen LogP contribution is -2.08. The molecule has 0 saturated carbocycles. The fourth-order valence-corrected chi connectivity index (χ4v) is 0.907. The van der Waals surface area contributed by atoms with Gasteiger partial charge in [0.05, 0.1) is 17.5 Å². The fourth-order valence-electron chi connectivity index (χ4n) is 0.907. The SMILES string of the molecule is NC(=O)CC#Cc1cnccc1C(=O)O. The van der Waals surface area contributed by atoms with Gasteiger partial charge < -0.3 is 10.8 Å². The van der Waals surface area contributed by atoms with Crippen LogP contribution in [0.1, 0.15) is 22.3 Å². The van der Waals surface area contributed by atoms with Crippen molar-refractivity contribution in [2.24, 2.45) is 5.73 Å². The van der Waals surface area contributed by atoms with Gasteiger partial charge in [-0.1, -0.05) is 11.8 Å². The molecule has 0 spiro atoms. The third-order valence-corrected chi connectivity index (χ3v) is 1.54. The predicted molar refractivity (Wildman–Crippen MR) is 51.9 cm³/mol. The minimum atomic E-state index is -1.08. The van der Waals surface area contributed by atoms with Gasteiger partial charge in [0, 0.05) is 12.4 Å². The standard InChI is InChI=1S/C10H8N2O3/c11-9(13)3-1-2-7-6-12-5-4-8(7)10(14)15/h4-6H,3H2,(H2,11,13)(H,14,15). The molecule has 1 aromatic heterocycles. The quantitative estimate of drug-likeness (QED) is 0.663. The van der Waals surface area contributed by atoms with Crippen LogP contribution in [-0.2, 0) is 4.79 Å². The summed E-state index contributed by atoms with van der Waals surface area (Å²) >= 11 is 0. The first-order chi connectivity index (χ1) is 7.11. The van der Waals surface area contributed by atoms with Crippen molar-refractivity contribution in [3.05, 3.63) is 29.6 Å². The molecule has 0 radical (unpaired) electrons. The van der Waals surface area contributed by atoms with Crippen molar-refractivity contribution < 1.29 is 14.7 Å². The molecule has 0 fully saturated rings. The normalized spacial score (nSPS) is 8.80. The van der Waals surface area contributed by atoms with E-state index in [1.807, 2.05) is 0 Å². The Morgan fingerprint density at radius 2 is 2.27 bits per heavy atom. The van der Waals surface area contributed by atoms with E-state index in [1.54, 1.807) is 0 Å². The van der Waals surface area contributed by atoms with Crippen molar-refractivity contribution in [3.63, 3.8) is 0 Å². The summed E-state index contributed by atoms with van der Waals surface area (Å²) in [6.45, 7) is 0. The molecule has 0 aliphatic rings. The number of nitrogens with zero attached hydrogens (tertiary/aromatic N) is 1. The van der Waals surface area contributed by atoms with Crippen molar-refractivity contribution in [3.8, 4) is 11.8 Å². The lowest BCUT2D eigenvalue weighted by molar-refractivity contribution is -0.117. The first kappa shape index (κ1) is 10.7. The average Bonchev–Trinajstić information content (AvgIpc) is 2.17. The Labute approximate surface area is 85.9 Å². The number of nitrogens with two attached hydrogens (primary N) is 1. The monoisotopic (exact) mass is 204 g/mol. The molecular weight excluding hydrogens is 196 g/mol. The lowest BCUT2D eigenvalue weighted by atomic mass is 10.1. The molecule has 5 heteroatoms. The summed E-state index contributed by atoms with van der Waals surface area (Å²) < 4.78 is 0. The van der Waals surface area contributed by atoms with Gasteiger partial charge in [0.25, 0.3) is 0 Å². The third kappa shape index (κ3) is 3.12. The molecule has 15 heavy (non-hydrogen) atoms. The number of carbonyl (C=O) groups excluding carboxylic acids is 1. The average molecular weight is 204 g/mol. The fraction of sp³-hybridized carbons (Fsp3) is 0.100. The molecule has 0 aliphatic carbocycles. The number of carboxylic acids is 1. The van der Waals surface area contributed by atoms with Crippen LogP contribution in [0.2, 0.25) is 0 Å². The van der Waals surface area contributed by atoms with E-state index in [9.17, 15) is 9.59 Å². The first-order valence-corrected chi connectivity index (χ1v) is 4.05. The van der Waals surface area contributed by atoms with E-state index in [1.165, 1.54) is 18.5 Å². The van der Waals surface area contributed by atoms with Gasteiger partial charge in [-0.05, 0) is 6.07 Å². The minimum absolute atomic E-state index is 0.0574. The van der Waals surface area contributed by atoms with E-state index >= 15 is 0 Å². The Bertz CT molecular complexity index is 457. The van der Waals surface area contributed by atoms with Crippen LogP contribution in [0, 0.1) is 11.8 Å². The third-order valence-electron chi connectivity index (χ3n) is 1.54. The molecule has 1 rings (SSSR count). The van der Waals surface area contributed by atoms with Gasteiger partial charge in [-0.25, -0.2) is 4.79 Å². The van der Waals surface area contributed by atoms with Gasteiger partial charge in [0.2, 0.25) is 5.91 Å². The summed E-state index contributed by atoms with van der Waals surface area (Å²) in [6, 6.07) is 1.34. The van der Waals surface area contributed by atoms with Gasteiger partial charge in [0.15, 0.2) is 0 Å². The molecule has 0 bridgehead atoms. The highest BCUT2D eigenvalue weighted by molar-refractivity contribution is 5.90. The molecule has 0 saturated heterocycles. The number of amides is 1. The number of hydrogen-bond donors (Lipinski definition) is 2.